The molecule has 0 radical (unpaired) electrons. The highest BCUT2D eigenvalue weighted by molar-refractivity contribution is 6.36. The number of esters is 1. The fraction of sp³-hybridized carbons (Fsp3) is 0.346. The van der Waals surface area contributed by atoms with Crippen LogP contribution >= 0.6 is 23.2 Å². The van der Waals surface area contributed by atoms with Crippen LogP contribution in [0.2, 0.25) is 10.0 Å². The number of hydrogen-bond donors (Lipinski definition) is 0. The summed E-state index contributed by atoms with van der Waals surface area (Å²) in [5, 5.41) is 0.990. The third kappa shape index (κ3) is 6.24. The van der Waals surface area contributed by atoms with Crippen LogP contribution < -0.4 is 4.74 Å². The van der Waals surface area contributed by atoms with Crippen molar-refractivity contribution in [2.75, 3.05) is 0 Å². The van der Waals surface area contributed by atoms with E-state index < -0.39 is 0 Å². The van der Waals surface area contributed by atoms with Gasteiger partial charge in [-0.15, -0.1) is 0 Å². The Hall–Kier alpha value is -2.63. The number of ketones is 1. The third-order valence-electron chi connectivity index (χ3n) is 5.19. The maximum atomic E-state index is 12.9. The van der Waals surface area contributed by atoms with E-state index in [9.17, 15) is 9.59 Å². The molecule has 0 spiro atoms. The molecule has 5 nitrogen and oxygen atoms in total. The molecule has 0 saturated carbocycles. The summed E-state index contributed by atoms with van der Waals surface area (Å²) in [4.78, 5) is 29.3. The van der Waals surface area contributed by atoms with Gasteiger partial charge < -0.3 is 9.15 Å². The van der Waals surface area contributed by atoms with Crippen LogP contribution in [0, 0.1) is 6.92 Å². The minimum atomic E-state index is -0.278. The van der Waals surface area contributed by atoms with Crippen molar-refractivity contribution in [2.24, 2.45) is 0 Å². The molecule has 1 heterocycles. The number of benzene rings is 2. The molecule has 0 amide bonds. The van der Waals surface area contributed by atoms with Gasteiger partial charge in [0.1, 0.15) is 11.5 Å². The van der Waals surface area contributed by atoms with Gasteiger partial charge in [0.25, 0.3) is 0 Å². The lowest BCUT2D eigenvalue weighted by Crippen LogP contribution is -2.08. The first-order chi connectivity index (χ1) is 15.7. The summed E-state index contributed by atoms with van der Waals surface area (Å²) >= 11 is 12.3. The van der Waals surface area contributed by atoms with E-state index in [2.05, 4.69) is 4.98 Å². The zero-order chi connectivity index (χ0) is 24.1. The van der Waals surface area contributed by atoms with E-state index >= 15 is 0 Å². The first-order valence-electron chi connectivity index (χ1n) is 11.0. The number of nitrogens with zero attached hydrogens (tertiary/aromatic N) is 1. The second-order valence-electron chi connectivity index (χ2n) is 8.23. The van der Waals surface area contributed by atoms with Gasteiger partial charge >= 0.3 is 5.97 Å². The molecule has 0 fully saturated rings. The molecule has 0 aliphatic rings. The van der Waals surface area contributed by atoms with Crippen LogP contribution in [-0.2, 0) is 11.2 Å². The maximum Gasteiger partial charge on any atom is 0.311 e. The summed E-state index contributed by atoms with van der Waals surface area (Å²) in [5.41, 5.74) is 2.76. The van der Waals surface area contributed by atoms with Crippen LogP contribution in [-0.4, -0.2) is 16.7 Å². The van der Waals surface area contributed by atoms with Crippen LogP contribution in [0.4, 0.5) is 0 Å². The standard InChI is InChI=1S/C26H27Cl2NO4/c1-5-6-24(31)32-18-8-10-19(16(4)13-18)23(30)12-11-22-25(15(2)3)33-26(29-22)20-9-7-17(27)14-21(20)28/h7-10,13-15H,5-6,11-12H2,1-4H3. The van der Waals surface area contributed by atoms with Crippen molar-refractivity contribution in [3.05, 3.63) is 69.0 Å². The predicted molar refractivity (Wildman–Crippen MR) is 130 cm³/mol. The molecule has 3 rings (SSSR count). The molecular weight excluding hydrogens is 461 g/mol. The van der Waals surface area contributed by atoms with Gasteiger partial charge in [-0.05, 0) is 55.3 Å². The van der Waals surface area contributed by atoms with Crippen molar-refractivity contribution in [1.82, 2.24) is 4.98 Å². The van der Waals surface area contributed by atoms with E-state index in [4.69, 9.17) is 32.4 Å². The highest BCUT2D eigenvalue weighted by Crippen LogP contribution is 2.33. The van der Waals surface area contributed by atoms with Crippen LogP contribution in [0.15, 0.2) is 40.8 Å². The van der Waals surface area contributed by atoms with Crippen molar-refractivity contribution in [2.45, 2.75) is 59.3 Å². The minimum absolute atomic E-state index is 0.0114. The monoisotopic (exact) mass is 487 g/mol. The van der Waals surface area contributed by atoms with Crippen LogP contribution in [0.5, 0.6) is 5.75 Å². The highest BCUT2D eigenvalue weighted by atomic mass is 35.5. The smallest absolute Gasteiger partial charge is 0.311 e. The van der Waals surface area contributed by atoms with Crippen molar-refractivity contribution in [3.63, 3.8) is 0 Å². The predicted octanol–water partition coefficient (Wildman–Crippen LogP) is 7.60. The van der Waals surface area contributed by atoms with Gasteiger partial charge in [-0.1, -0.05) is 44.0 Å². The Balaban J connectivity index is 1.76. The van der Waals surface area contributed by atoms with E-state index in [1.807, 2.05) is 27.7 Å². The summed E-state index contributed by atoms with van der Waals surface area (Å²) in [6.45, 7) is 7.78. The van der Waals surface area contributed by atoms with Gasteiger partial charge in [0.15, 0.2) is 5.78 Å². The van der Waals surface area contributed by atoms with Gasteiger partial charge in [0, 0.05) is 35.8 Å². The number of ether oxygens (including phenoxy) is 1. The number of rotatable bonds is 9. The Kier molecular flexibility index (Phi) is 8.33. The highest BCUT2D eigenvalue weighted by Gasteiger charge is 2.20. The van der Waals surface area contributed by atoms with E-state index in [0.29, 0.717) is 45.7 Å². The molecule has 1 aromatic heterocycles. The van der Waals surface area contributed by atoms with Crippen LogP contribution in [0.1, 0.15) is 73.3 Å². The lowest BCUT2D eigenvalue weighted by molar-refractivity contribution is -0.134. The van der Waals surface area contributed by atoms with Crippen molar-refractivity contribution < 1.29 is 18.7 Å². The summed E-state index contributed by atoms with van der Waals surface area (Å²) < 4.78 is 11.3. The molecule has 2 aromatic carbocycles. The SMILES string of the molecule is CCCC(=O)Oc1ccc(C(=O)CCc2nc(-c3ccc(Cl)cc3Cl)oc2C(C)C)c(C)c1. The summed E-state index contributed by atoms with van der Waals surface area (Å²) in [6.07, 6.45) is 1.79. The molecule has 174 valence electrons. The molecule has 7 heteroatoms. The summed E-state index contributed by atoms with van der Waals surface area (Å²) in [5.74, 6) is 1.41. The Morgan fingerprint density at radius 2 is 1.85 bits per heavy atom. The Morgan fingerprint density at radius 1 is 1.09 bits per heavy atom. The zero-order valence-corrected chi connectivity index (χ0v) is 20.7. The van der Waals surface area contributed by atoms with E-state index in [1.54, 1.807) is 36.4 Å². The first-order valence-corrected chi connectivity index (χ1v) is 11.7. The summed E-state index contributed by atoms with van der Waals surface area (Å²) in [7, 11) is 0. The molecule has 0 atom stereocenters. The molecule has 0 aliphatic heterocycles. The lowest BCUT2D eigenvalue weighted by atomic mass is 9.99. The largest absolute Gasteiger partial charge is 0.441 e. The normalized spacial score (nSPS) is 11.1. The lowest BCUT2D eigenvalue weighted by Gasteiger charge is -2.09. The molecule has 0 aliphatic carbocycles. The number of halogens is 2. The first kappa shape index (κ1) is 25.0. The van der Waals surface area contributed by atoms with Crippen molar-refractivity contribution in [3.8, 4) is 17.2 Å². The Bertz CT molecular complexity index is 1170. The molecule has 0 saturated heterocycles. The molecule has 33 heavy (non-hydrogen) atoms. The number of hydrogen-bond acceptors (Lipinski definition) is 5. The Labute approximate surface area is 204 Å². The molecule has 0 N–H and O–H groups in total. The van der Waals surface area contributed by atoms with Gasteiger partial charge in [-0.2, -0.15) is 0 Å². The van der Waals surface area contributed by atoms with Crippen LogP contribution in [0.3, 0.4) is 0 Å². The second kappa shape index (κ2) is 11.0. The molecule has 0 bridgehead atoms. The average Bonchev–Trinajstić information content (AvgIpc) is 3.16. The van der Waals surface area contributed by atoms with E-state index in [1.165, 1.54) is 0 Å². The number of carbonyl (C=O) groups is 2. The molecule has 0 unspecified atom stereocenters. The van der Waals surface area contributed by atoms with E-state index in [-0.39, 0.29) is 24.1 Å². The molecule has 3 aromatic rings. The number of aromatic nitrogens is 1. The van der Waals surface area contributed by atoms with Crippen LogP contribution in [0.25, 0.3) is 11.5 Å². The minimum Gasteiger partial charge on any atom is -0.441 e. The number of carbonyl (C=O) groups excluding carboxylic acids is 2. The summed E-state index contributed by atoms with van der Waals surface area (Å²) in [6, 6.07) is 10.2. The third-order valence-corrected chi connectivity index (χ3v) is 5.73. The van der Waals surface area contributed by atoms with Crippen molar-refractivity contribution >= 4 is 35.0 Å². The van der Waals surface area contributed by atoms with Gasteiger partial charge in [0.05, 0.1) is 16.3 Å². The van der Waals surface area contributed by atoms with Crippen molar-refractivity contribution in [1.29, 1.82) is 0 Å². The Morgan fingerprint density at radius 3 is 2.48 bits per heavy atom. The maximum absolute atomic E-state index is 12.9. The zero-order valence-electron chi connectivity index (χ0n) is 19.2. The van der Waals surface area contributed by atoms with Gasteiger partial charge in [-0.25, -0.2) is 4.98 Å². The van der Waals surface area contributed by atoms with E-state index in [0.717, 1.165) is 23.4 Å². The topological polar surface area (TPSA) is 69.4 Å². The average molecular weight is 488 g/mol. The fourth-order valence-corrected chi connectivity index (χ4v) is 4.03. The quantitative estimate of drug-likeness (QED) is 0.176. The van der Waals surface area contributed by atoms with Gasteiger partial charge in [0.2, 0.25) is 5.89 Å². The second-order valence-corrected chi connectivity index (χ2v) is 9.08. The number of aryl methyl sites for hydroxylation is 2. The number of Topliss-reactive ketones (excluding diaryl/α,β-unsaturated/α-hetero) is 1. The number of oxazole rings is 1. The van der Waals surface area contributed by atoms with Gasteiger partial charge in [-0.3, -0.25) is 9.59 Å². The fourth-order valence-electron chi connectivity index (χ4n) is 3.54. The molecular formula is C26H27Cl2NO4.